The number of nitrogens with zero attached hydrogens (tertiary/aromatic N) is 4. The quantitative estimate of drug-likeness (QED) is 0.781. The van der Waals surface area contributed by atoms with Gasteiger partial charge in [-0.25, -0.2) is 19.4 Å². The zero-order valence-corrected chi connectivity index (χ0v) is 9.70. The van der Waals surface area contributed by atoms with Crippen molar-refractivity contribution < 1.29 is 9.53 Å². The number of carbonyl (C=O) groups excluding carboxylic acids is 1. The highest BCUT2D eigenvalue weighted by Gasteiger charge is 2.07. The summed E-state index contributed by atoms with van der Waals surface area (Å²) >= 11 is 0. The number of rotatable bonds is 4. The second-order valence-corrected chi connectivity index (χ2v) is 3.36. The summed E-state index contributed by atoms with van der Waals surface area (Å²) in [5.74, 6) is 1.07. The van der Waals surface area contributed by atoms with Crippen LogP contribution in [-0.2, 0) is 6.54 Å². The Hall–Kier alpha value is -2.64. The minimum absolute atomic E-state index is 0.196. The van der Waals surface area contributed by atoms with Crippen LogP contribution in [0.15, 0.2) is 24.7 Å². The van der Waals surface area contributed by atoms with Crippen LogP contribution in [-0.4, -0.2) is 32.9 Å². The number of hydrogen-bond donors (Lipinski definition) is 2. The van der Waals surface area contributed by atoms with Crippen molar-refractivity contribution in [3.8, 4) is 11.6 Å². The molecule has 94 valence electrons. The Morgan fingerprint density at radius 1 is 1.50 bits per heavy atom. The van der Waals surface area contributed by atoms with Gasteiger partial charge in [0, 0.05) is 6.07 Å². The van der Waals surface area contributed by atoms with E-state index < -0.39 is 6.03 Å². The van der Waals surface area contributed by atoms with E-state index in [9.17, 15) is 4.79 Å². The van der Waals surface area contributed by atoms with Crippen molar-refractivity contribution >= 4 is 6.03 Å². The first-order chi connectivity index (χ1) is 8.70. The molecule has 2 rings (SSSR count). The topological polar surface area (TPSA) is 108 Å². The second-order valence-electron chi connectivity index (χ2n) is 3.36. The first-order valence-electron chi connectivity index (χ1n) is 5.13. The minimum Gasteiger partial charge on any atom is -0.481 e. The van der Waals surface area contributed by atoms with E-state index in [0.29, 0.717) is 11.7 Å². The number of hydrogen-bond acceptors (Lipinski definition) is 5. The summed E-state index contributed by atoms with van der Waals surface area (Å²) in [7, 11) is 1.54. The third-order valence-electron chi connectivity index (χ3n) is 2.21. The Labute approximate surface area is 103 Å². The van der Waals surface area contributed by atoms with Crippen molar-refractivity contribution in [2.75, 3.05) is 7.11 Å². The summed E-state index contributed by atoms with van der Waals surface area (Å²) in [5, 5.41) is 6.50. The number of urea groups is 1. The highest BCUT2D eigenvalue weighted by Crippen LogP contribution is 2.11. The number of nitrogens with two attached hydrogens (primary N) is 1. The lowest BCUT2D eigenvalue weighted by Gasteiger charge is -2.06. The van der Waals surface area contributed by atoms with Gasteiger partial charge in [-0.2, -0.15) is 5.10 Å². The maximum atomic E-state index is 10.7. The van der Waals surface area contributed by atoms with Crippen LogP contribution in [0, 0.1) is 0 Å². The molecule has 0 unspecified atom stereocenters. The predicted octanol–water partition coefficient (Wildman–Crippen LogP) is -0.161. The van der Waals surface area contributed by atoms with Crippen molar-refractivity contribution in [2.45, 2.75) is 6.54 Å². The van der Waals surface area contributed by atoms with Crippen LogP contribution in [0.2, 0.25) is 0 Å². The summed E-state index contributed by atoms with van der Waals surface area (Å²) in [6.07, 6.45) is 2.99. The number of pyridine rings is 1. The summed E-state index contributed by atoms with van der Waals surface area (Å²) in [6.45, 7) is 0.196. The van der Waals surface area contributed by atoms with Crippen molar-refractivity contribution in [1.29, 1.82) is 0 Å². The standard InChI is InChI=1S/C10H12N6O2/c1-18-9-3-2-7(4-12-9)16-8(14-6-15-16)5-13-10(11)17/h2-4,6H,5H2,1H3,(H3,11,13,17). The molecule has 18 heavy (non-hydrogen) atoms. The molecule has 0 fully saturated rings. The van der Waals surface area contributed by atoms with Crippen LogP contribution >= 0.6 is 0 Å². The molecule has 2 aromatic rings. The second kappa shape index (κ2) is 5.13. The van der Waals surface area contributed by atoms with Gasteiger partial charge in [0.2, 0.25) is 5.88 Å². The van der Waals surface area contributed by atoms with Gasteiger partial charge in [-0.3, -0.25) is 0 Å². The molecular formula is C10H12N6O2. The number of amides is 2. The van der Waals surface area contributed by atoms with Gasteiger partial charge in [0.1, 0.15) is 6.33 Å². The molecule has 2 aromatic heterocycles. The molecule has 0 bridgehead atoms. The van der Waals surface area contributed by atoms with Crippen LogP contribution in [0.1, 0.15) is 5.82 Å². The normalized spacial score (nSPS) is 10.1. The van der Waals surface area contributed by atoms with Gasteiger partial charge in [0.15, 0.2) is 5.82 Å². The molecule has 0 aliphatic rings. The van der Waals surface area contributed by atoms with E-state index in [-0.39, 0.29) is 6.54 Å². The lowest BCUT2D eigenvalue weighted by Crippen LogP contribution is -2.29. The molecule has 0 spiro atoms. The maximum absolute atomic E-state index is 10.7. The van der Waals surface area contributed by atoms with Crippen LogP contribution < -0.4 is 15.8 Å². The molecule has 0 aliphatic carbocycles. The van der Waals surface area contributed by atoms with E-state index in [2.05, 4.69) is 20.4 Å². The number of primary amides is 1. The fourth-order valence-corrected chi connectivity index (χ4v) is 1.39. The van der Waals surface area contributed by atoms with Crippen LogP contribution in [0.25, 0.3) is 5.69 Å². The summed E-state index contributed by atoms with van der Waals surface area (Å²) in [6, 6.07) is 2.88. The molecule has 8 heteroatoms. The summed E-state index contributed by atoms with van der Waals surface area (Å²) in [5.41, 5.74) is 5.72. The van der Waals surface area contributed by atoms with Crippen LogP contribution in [0.4, 0.5) is 4.79 Å². The first-order valence-corrected chi connectivity index (χ1v) is 5.13. The Bertz CT molecular complexity index is 536. The third-order valence-corrected chi connectivity index (χ3v) is 2.21. The largest absolute Gasteiger partial charge is 0.481 e. The molecule has 0 saturated heterocycles. The van der Waals surface area contributed by atoms with Gasteiger partial charge in [0.25, 0.3) is 0 Å². The molecule has 8 nitrogen and oxygen atoms in total. The molecule has 2 amide bonds. The lowest BCUT2D eigenvalue weighted by atomic mass is 10.4. The van der Waals surface area contributed by atoms with Crippen molar-refractivity contribution in [3.63, 3.8) is 0 Å². The van der Waals surface area contributed by atoms with Gasteiger partial charge in [-0.15, -0.1) is 0 Å². The molecule has 2 heterocycles. The van der Waals surface area contributed by atoms with E-state index in [4.69, 9.17) is 10.5 Å². The smallest absolute Gasteiger partial charge is 0.312 e. The van der Waals surface area contributed by atoms with Crippen LogP contribution in [0.5, 0.6) is 5.88 Å². The molecule has 0 radical (unpaired) electrons. The highest BCUT2D eigenvalue weighted by atomic mass is 16.5. The number of carbonyl (C=O) groups is 1. The molecule has 0 saturated carbocycles. The monoisotopic (exact) mass is 248 g/mol. The van der Waals surface area contributed by atoms with Crippen LogP contribution in [0.3, 0.4) is 0 Å². The Kier molecular flexibility index (Phi) is 3.37. The fourth-order valence-electron chi connectivity index (χ4n) is 1.39. The number of aromatic nitrogens is 4. The predicted molar refractivity (Wildman–Crippen MR) is 62.1 cm³/mol. The Balaban J connectivity index is 2.21. The van der Waals surface area contributed by atoms with Gasteiger partial charge >= 0.3 is 6.03 Å². The van der Waals surface area contributed by atoms with Gasteiger partial charge in [-0.05, 0) is 6.07 Å². The zero-order valence-electron chi connectivity index (χ0n) is 9.70. The van der Waals surface area contributed by atoms with Gasteiger partial charge < -0.3 is 15.8 Å². The third kappa shape index (κ3) is 2.54. The average Bonchev–Trinajstić information content (AvgIpc) is 2.85. The van der Waals surface area contributed by atoms with E-state index in [0.717, 1.165) is 5.69 Å². The van der Waals surface area contributed by atoms with E-state index in [1.54, 1.807) is 30.1 Å². The zero-order chi connectivity index (χ0) is 13.0. The highest BCUT2D eigenvalue weighted by molar-refractivity contribution is 5.71. The lowest BCUT2D eigenvalue weighted by molar-refractivity contribution is 0.248. The number of methoxy groups -OCH3 is 1. The van der Waals surface area contributed by atoms with Gasteiger partial charge in [0.05, 0.1) is 25.5 Å². The Morgan fingerprint density at radius 3 is 2.94 bits per heavy atom. The van der Waals surface area contributed by atoms with Crippen molar-refractivity contribution in [2.24, 2.45) is 5.73 Å². The summed E-state index contributed by atoms with van der Waals surface area (Å²) in [4.78, 5) is 18.7. The van der Waals surface area contributed by atoms with E-state index in [1.807, 2.05) is 0 Å². The van der Waals surface area contributed by atoms with Crippen molar-refractivity contribution in [3.05, 3.63) is 30.5 Å². The Morgan fingerprint density at radius 2 is 2.33 bits per heavy atom. The van der Waals surface area contributed by atoms with E-state index >= 15 is 0 Å². The molecule has 0 aliphatic heterocycles. The average molecular weight is 248 g/mol. The number of nitrogens with one attached hydrogen (secondary N) is 1. The SMILES string of the molecule is COc1ccc(-n2ncnc2CNC(N)=O)cn1. The molecular weight excluding hydrogens is 236 g/mol. The summed E-state index contributed by atoms with van der Waals surface area (Å²) < 4.78 is 6.52. The number of ether oxygens (including phenoxy) is 1. The minimum atomic E-state index is -0.614. The molecule has 3 N–H and O–H groups in total. The van der Waals surface area contributed by atoms with Gasteiger partial charge in [-0.1, -0.05) is 0 Å². The first kappa shape index (κ1) is 11.8. The molecule has 0 atom stereocenters. The van der Waals surface area contributed by atoms with E-state index in [1.165, 1.54) is 6.33 Å². The van der Waals surface area contributed by atoms with Crippen molar-refractivity contribution in [1.82, 2.24) is 25.1 Å². The molecule has 0 aromatic carbocycles. The fraction of sp³-hybridized carbons (Fsp3) is 0.200. The maximum Gasteiger partial charge on any atom is 0.312 e.